The van der Waals surface area contributed by atoms with Crippen LogP contribution in [0.4, 0.5) is 0 Å². The first-order valence-corrected chi connectivity index (χ1v) is 3.31. The predicted octanol–water partition coefficient (Wildman–Crippen LogP) is 1.37. The van der Waals surface area contributed by atoms with Gasteiger partial charge in [0, 0.05) is 30.4 Å². The number of hydrogen-bond donors (Lipinski definition) is 0. The van der Waals surface area contributed by atoms with Crippen molar-refractivity contribution in [2.24, 2.45) is 0 Å². The molecule has 0 aliphatic heterocycles. The van der Waals surface area contributed by atoms with Crippen LogP contribution in [-0.2, 0) is 0 Å². The number of rotatable bonds is 1. The maximum Gasteiger partial charge on any atom is 0.233 e. The lowest BCUT2D eigenvalue weighted by Crippen LogP contribution is -1.87. The molecule has 0 saturated heterocycles. The topological polar surface area (TPSA) is 30.2 Å². The van der Waals surface area contributed by atoms with Crippen LogP contribution in [-0.4, -0.2) is 14.4 Å². The smallest absolute Gasteiger partial charge is 0.233 e. The number of fused-ring (bicyclic) bond motifs is 1. The molecule has 0 fully saturated rings. The summed E-state index contributed by atoms with van der Waals surface area (Å²) in [5.74, 6) is 0.718. The zero-order chi connectivity index (χ0) is 7.68. The Morgan fingerprint density at radius 3 is 3.18 bits per heavy atom. The molecule has 0 N–H and O–H groups in total. The molecule has 54 valence electrons. The van der Waals surface area contributed by atoms with Gasteiger partial charge in [0.25, 0.3) is 0 Å². The summed E-state index contributed by atoms with van der Waals surface area (Å²) >= 11 is 0. The summed E-state index contributed by atoms with van der Waals surface area (Å²) in [5, 5.41) is 0. The molecule has 0 radical (unpaired) electrons. The molecule has 0 saturated carbocycles. The molecule has 0 spiro atoms. The fourth-order valence-electron chi connectivity index (χ4n) is 0.938. The minimum atomic E-state index is 0.718. The van der Waals surface area contributed by atoms with Crippen molar-refractivity contribution in [3.8, 4) is 0 Å². The third kappa shape index (κ3) is 0.902. The van der Waals surface area contributed by atoms with E-state index in [-0.39, 0.29) is 0 Å². The molecule has 2 heterocycles. The number of imidazole rings is 1. The van der Waals surface area contributed by atoms with E-state index in [4.69, 9.17) is 0 Å². The lowest BCUT2D eigenvalue weighted by Gasteiger charge is -1.93. The summed E-state index contributed by atoms with van der Waals surface area (Å²) in [6, 6.07) is 0. The van der Waals surface area contributed by atoms with Gasteiger partial charge in [0.1, 0.15) is 0 Å². The maximum atomic E-state index is 4.09. The third-order valence-corrected chi connectivity index (χ3v) is 1.50. The van der Waals surface area contributed by atoms with Crippen molar-refractivity contribution < 1.29 is 0 Å². The van der Waals surface area contributed by atoms with Gasteiger partial charge in [-0.2, -0.15) is 0 Å². The lowest BCUT2D eigenvalue weighted by molar-refractivity contribution is 1.10. The zero-order valence-electron chi connectivity index (χ0n) is 5.94. The number of hydrogen-bond acceptors (Lipinski definition) is 2. The predicted molar refractivity (Wildman–Crippen MR) is 43.1 cm³/mol. The van der Waals surface area contributed by atoms with Gasteiger partial charge in [-0.3, -0.25) is 4.40 Å². The Hall–Kier alpha value is -1.64. The molecule has 2 aromatic heterocycles. The van der Waals surface area contributed by atoms with Crippen LogP contribution in [0.15, 0.2) is 31.4 Å². The second-order valence-electron chi connectivity index (χ2n) is 2.23. The van der Waals surface area contributed by atoms with Gasteiger partial charge in [-0.25, -0.2) is 9.97 Å². The van der Waals surface area contributed by atoms with Gasteiger partial charge in [-0.15, -0.1) is 0 Å². The Balaban J connectivity index is 2.76. The zero-order valence-corrected chi connectivity index (χ0v) is 5.94. The average Bonchev–Trinajstić information content (AvgIpc) is 2.50. The molecule has 3 nitrogen and oxygen atoms in total. The Morgan fingerprint density at radius 2 is 2.36 bits per heavy atom. The number of nitrogens with zero attached hydrogens (tertiary/aromatic N) is 3. The van der Waals surface area contributed by atoms with Crippen LogP contribution < -0.4 is 0 Å². The average molecular weight is 145 g/mol. The molecule has 0 aliphatic rings. The van der Waals surface area contributed by atoms with E-state index in [1.807, 2.05) is 16.8 Å². The fraction of sp³-hybridized carbons (Fsp3) is 0. The SMILES string of the molecule is C=Cc1cnc2nccn2c1. The first-order chi connectivity index (χ1) is 5.40. The molecule has 3 heteroatoms. The molecule has 0 aromatic carbocycles. The minimum Gasteiger partial charge on any atom is -0.291 e. The molecule has 11 heavy (non-hydrogen) atoms. The van der Waals surface area contributed by atoms with E-state index in [0.717, 1.165) is 11.3 Å². The largest absolute Gasteiger partial charge is 0.291 e. The second-order valence-corrected chi connectivity index (χ2v) is 2.23. The van der Waals surface area contributed by atoms with Crippen molar-refractivity contribution >= 4 is 11.9 Å². The summed E-state index contributed by atoms with van der Waals surface area (Å²) in [6.45, 7) is 3.65. The highest BCUT2D eigenvalue weighted by atomic mass is 15.1. The Kier molecular flexibility index (Phi) is 1.22. The van der Waals surface area contributed by atoms with Crippen LogP contribution in [0, 0.1) is 0 Å². The second kappa shape index (κ2) is 2.20. The highest BCUT2D eigenvalue weighted by Crippen LogP contribution is 2.01. The van der Waals surface area contributed by atoms with Crippen molar-refractivity contribution in [3.05, 3.63) is 36.9 Å². The third-order valence-electron chi connectivity index (χ3n) is 1.50. The highest BCUT2D eigenvalue weighted by molar-refractivity contribution is 5.46. The molecule has 0 amide bonds. The van der Waals surface area contributed by atoms with Gasteiger partial charge < -0.3 is 0 Å². The van der Waals surface area contributed by atoms with Crippen molar-refractivity contribution in [3.63, 3.8) is 0 Å². The Labute approximate surface area is 64.0 Å². The van der Waals surface area contributed by atoms with Crippen molar-refractivity contribution in [2.45, 2.75) is 0 Å². The lowest BCUT2D eigenvalue weighted by atomic mass is 10.3. The van der Waals surface area contributed by atoms with E-state index in [1.54, 1.807) is 18.5 Å². The van der Waals surface area contributed by atoms with Gasteiger partial charge >= 0.3 is 0 Å². The minimum absolute atomic E-state index is 0.718. The Morgan fingerprint density at radius 1 is 1.45 bits per heavy atom. The summed E-state index contributed by atoms with van der Waals surface area (Å²) in [5.41, 5.74) is 0.996. The normalized spacial score (nSPS) is 10.2. The van der Waals surface area contributed by atoms with Crippen LogP contribution in [0.1, 0.15) is 5.56 Å². The Bertz CT molecular complexity index is 389. The molecule has 0 aliphatic carbocycles. The van der Waals surface area contributed by atoms with Crippen LogP contribution in [0.2, 0.25) is 0 Å². The molecule has 2 aromatic rings. The maximum absolute atomic E-state index is 4.09. The van der Waals surface area contributed by atoms with Crippen LogP contribution in [0.5, 0.6) is 0 Å². The monoisotopic (exact) mass is 145 g/mol. The quantitative estimate of drug-likeness (QED) is 0.606. The van der Waals surface area contributed by atoms with Crippen molar-refractivity contribution in [1.82, 2.24) is 14.4 Å². The van der Waals surface area contributed by atoms with E-state index in [0.29, 0.717) is 0 Å². The molecular formula is C8H7N3. The first-order valence-electron chi connectivity index (χ1n) is 3.31. The van der Waals surface area contributed by atoms with Crippen molar-refractivity contribution in [1.29, 1.82) is 0 Å². The standard InChI is InChI=1S/C8H7N3/c1-2-7-5-10-8-9-3-4-11(8)6-7/h2-6H,1H2. The van der Waals surface area contributed by atoms with E-state index in [2.05, 4.69) is 16.5 Å². The van der Waals surface area contributed by atoms with Crippen molar-refractivity contribution in [2.75, 3.05) is 0 Å². The van der Waals surface area contributed by atoms with Gasteiger partial charge in [-0.05, 0) is 0 Å². The van der Waals surface area contributed by atoms with E-state index >= 15 is 0 Å². The van der Waals surface area contributed by atoms with Crippen LogP contribution in [0.25, 0.3) is 11.9 Å². The van der Waals surface area contributed by atoms with E-state index < -0.39 is 0 Å². The van der Waals surface area contributed by atoms with Gasteiger partial charge in [0.2, 0.25) is 5.78 Å². The molecular weight excluding hydrogens is 138 g/mol. The highest BCUT2D eigenvalue weighted by Gasteiger charge is 1.92. The molecule has 0 unspecified atom stereocenters. The van der Waals surface area contributed by atoms with Crippen LogP contribution in [0.3, 0.4) is 0 Å². The van der Waals surface area contributed by atoms with E-state index in [1.165, 1.54) is 0 Å². The van der Waals surface area contributed by atoms with Gasteiger partial charge in [0.05, 0.1) is 0 Å². The molecule has 0 atom stereocenters. The fourth-order valence-corrected chi connectivity index (χ4v) is 0.938. The molecule has 0 bridgehead atoms. The summed E-state index contributed by atoms with van der Waals surface area (Å²) in [6.07, 6.45) is 9.01. The van der Waals surface area contributed by atoms with Crippen LogP contribution >= 0.6 is 0 Å². The van der Waals surface area contributed by atoms with Gasteiger partial charge in [0.15, 0.2) is 0 Å². The van der Waals surface area contributed by atoms with Gasteiger partial charge in [-0.1, -0.05) is 12.7 Å². The first kappa shape index (κ1) is 6.09. The summed E-state index contributed by atoms with van der Waals surface area (Å²) < 4.78 is 1.86. The summed E-state index contributed by atoms with van der Waals surface area (Å²) in [7, 11) is 0. The number of aromatic nitrogens is 3. The molecule has 2 rings (SSSR count). The van der Waals surface area contributed by atoms with E-state index in [9.17, 15) is 0 Å². The summed E-state index contributed by atoms with van der Waals surface area (Å²) in [4.78, 5) is 8.10.